The summed E-state index contributed by atoms with van der Waals surface area (Å²) in [5, 5.41) is 9.34. The number of rotatable bonds is 3. The lowest BCUT2D eigenvalue weighted by molar-refractivity contribution is 0.166. The number of aliphatic hydroxyl groups is 1. The Morgan fingerprint density at radius 3 is 2.73 bits per heavy atom. The molecule has 0 aromatic heterocycles. The second-order valence-corrected chi connectivity index (χ2v) is 2.86. The molecule has 0 amide bonds. The molecule has 0 radical (unpaired) electrons. The maximum atomic E-state index is 9.34. The van der Waals surface area contributed by atoms with Crippen LogP contribution in [0.2, 0.25) is 0 Å². The van der Waals surface area contributed by atoms with Crippen LogP contribution in [0.4, 0.5) is 0 Å². The lowest BCUT2D eigenvalue weighted by atomic mass is 10.3. The van der Waals surface area contributed by atoms with Crippen molar-refractivity contribution in [2.75, 3.05) is 33.4 Å². The minimum atomic E-state index is 0.487. The van der Waals surface area contributed by atoms with Gasteiger partial charge in [-0.15, -0.1) is 0 Å². The van der Waals surface area contributed by atoms with Crippen molar-refractivity contribution in [2.24, 2.45) is 0 Å². The average molecular weight is 157 g/mol. The van der Waals surface area contributed by atoms with Gasteiger partial charge in [0.1, 0.15) is 5.76 Å². The van der Waals surface area contributed by atoms with Crippen molar-refractivity contribution in [2.45, 2.75) is 6.92 Å². The van der Waals surface area contributed by atoms with Crippen LogP contribution >= 0.6 is 0 Å². The van der Waals surface area contributed by atoms with E-state index in [9.17, 15) is 5.11 Å². The third-order valence-corrected chi connectivity index (χ3v) is 1.77. The quantitative estimate of drug-likeness (QED) is 0.657. The highest BCUT2D eigenvalue weighted by Crippen LogP contribution is 2.12. The van der Waals surface area contributed by atoms with E-state index in [0.717, 1.165) is 12.1 Å². The Morgan fingerprint density at radius 1 is 1.55 bits per heavy atom. The zero-order valence-electron chi connectivity index (χ0n) is 7.13. The minimum absolute atomic E-state index is 0.487. The van der Waals surface area contributed by atoms with E-state index >= 15 is 0 Å². The summed E-state index contributed by atoms with van der Waals surface area (Å²) in [6.45, 7) is 4.75. The van der Waals surface area contributed by atoms with Crippen LogP contribution in [0.25, 0.3) is 0 Å². The van der Waals surface area contributed by atoms with Crippen LogP contribution in [0.3, 0.4) is 0 Å². The number of aliphatic hydroxyl groups excluding tert-OH is 1. The largest absolute Gasteiger partial charge is 0.511 e. The number of hydrogen-bond donors (Lipinski definition) is 1. The first kappa shape index (κ1) is 8.56. The van der Waals surface area contributed by atoms with Gasteiger partial charge in [0.25, 0.3) is 0 Å². The molecule has 1 N–H and O–H groups in total. The summed E-state index contributed by atoms with van der Waals surface area (Å²) in [4.78, 5) is 2.06. The number of ether oxygens (including phenoxy) is 1. The highest BCUT2D eigenvalue weighted by molar-refractivity contribution is 5.16. The van der Waals surface area contributed by atoms with Gasteiger partial charge in [0.2, 0.25) is 0 Å². The standard InChI is InChI=1S/C8H15NO2/c1-3-11-6-7-4-9(2)5-8(7)10/h10H,3-6H2,1-2H3. The molecule has 0 aromatic carbocycles. The van der Waals surface area contributed by atoms with Crippen LogP contribution in [-0.4, -0.2) is 43.4 Å². The Hall–Kier alpha value is -0.540. The molecule has 3 heteroatoms. The molecule has 3 nitrogen and oxygen atoms in total. The highest BCUT2D eigenvalue weighted by Gasteiger charge is 2.17. The molecule has 11 heavy (non-hydrogen) atoms. The monoisotopic (exact) mass is 157 g/mol. The van der Waals surface area contributed by atoms with Crippen molar-refractivity contribution in [3.8, 4) is 0 Å². The zero-order valence-corrected chi connectivity index (χ0v) is 7.13. The fraction of sp³-hybridized carbons (Fsp3) is 0.750. The Morgan fingerprint density at radius 2 is 2.27 bits per heavy atom. The van der Waals surface area contributed by atoms with Crippen LogP contribution < -0.4 is 0 Å². The number of nitrogens with zero attached hydrogens (tertiary/aromatic N) is 1. The first-order valence-corrected chi connectivity index (χ1v) is 3.90. The summed E-state index contributed by atoms with van der Waals surface area (Å²) in [5.41, 5.74) is 1.02. The van der Waals surface area contributed by atoms with Crippen LogP contribution in [0.5, 0.6) is 0 Å². The van der Waals surface area contributed by atoms with Gasteiger partial charge in [-0.2, -0.15) is 0 Å². The third kappa shape index (κ3) is 2.20. The summed E-state index contributed by atoms with van der Waals surface area (Å²) in [6, 6.07) is 0. The predicted octanol–water partition coefficient (Wildman–Crippen LogP) is 0.780. The second kappa shape index (κ2) is 3.74. The van der Waals surface area contributed by atoms with Crippen LogP contribution in [-0.2, 0) is 4.74 Å². The Labute approximate surface area is 67.3 Å². The van der Waals surface area contributed by atoms with E-state index in [2.05, 4.69) is 4.90 Å². The lowest BCUT2D eigenvalue weighted by Crippen LogP contribution is -2.15. The number of likely N-dealkylation sites (N-methyl/N-ethyl adjacent to an activating group) is 1. The molecule has 0 aliphatic carbocycles. The molecule has 0 saturated carbocycles. The molecule has 1 heterocycles. The van der Waals surface area contributed by atoms with Gasteiger partial charge in [-0.3, -0.25) is 4.90 Å². The van der Waals surface area contributed by atoms with E-state index in [1.54, 1.807) is 0 Å². The predicted molar refractivity (Wildman–Crippen MR) is 43.6 cm³/mol. The van der Waals surface area contributed by atoms with Gasteiger partial charge in [0.15, 0.2) is 0 Å². The molecule has 1 rings (SSSR count). The molecule has 0 aromatic rings. The molecule has 0 atom stereocenters. The van der Waals surface area contributed by atoms with Crippen molar-refractivity contribution < 1.29 is 9.84 Å². The summed E-state index contributed by atoms with van der Waals surface area (Å²) < 4.78 is 5.19. The summed E-state index contributed by atoms with van der Waals surface area (Å²) >= 11 is 0. The smallest absolute Gasteiger partial charge is 0.109 e. The molecule has 0 unspecified atom stereocenters. The Kier molecular flexibility index (Phi) is 2.91. The molecule has 1 aliphatic rings. The SMILES string of the molecule is CCOCC1=C(O)CN(C)C1. The van der Waals surface area contributed by atoms with Gasteiger partial charge >= 0.3 is 0 Å². The fourth-order valence-corrected chi connectivity index (χ4v) is 1.19. The molecule has 0 spiro atoms. The Bertz CT molecular complexity index is 165. The normalized spacial score (nSPS) is 19.8. The van der Waals surface area contributed by atoms with Crippen molar-refractivity contribution in [3.63, 3.8) is 0 Å². The van der Waals surface area contributed by atoms with Crippen LogP contribution in [0, 0.1) is 0 Å². The topological polar surface area (TPSA) is 32.7 Å². The van der Waals surface area contributed by atoms with Gasteiger partial charge in [-0.1, -0.05) is 0 Å². The van der Waals surface area contributed by atoms with Gasteiger partial charge in [0, 0.05) is 18.7 Å². The van der Waals surface area contributed by atoms with E-state index in [4.69, 9.17) is 4.74 Å². The van der Waals surface area contributed by atoms with Gasteiger partial charge < -0.3 is 9.84 Å². The maximum Gasteiger partial charge on any atom is 0.109 e. The van der Waals surface area contributed by atoms with E-state index in [1.807, 2.05) is 14.0 Å². The summed E-state index contributed by atoms with van der Waals surface area (Å²) in [6.07, 6.45) is 0. The van der Waals surface area contributed by atoms with Crippen molar-refractivity contribution >= 4 is 0 Å². The van der Waals surface area contributed by atoms with Gasteiger partial charge in [-0.05, 0) is 14.0 Å². The van der Waals surface area contributed by atoms with E-state index in [1.165, 1.54) is 0 Å². The van der Waals surface area contributed by atoms with Crippen LogP contribution in [0.1, 0.15) is 6.92 Å². The molecular formula is C8H15NO2. The van der Waals surface area contributed by atoms with E-state index in [-0.39, 0.29) is 0 Å². The Balaban J connectivity index is 2.38. The molecule has 64 valence electrons. The van der Waals surface area contributed by atoms with Crippen LogP contribution in [0.15, 0.2) is 11.3 Å². The second-order valence-electron chi connectivity index (χ2n) is 2.86. The zero-order chi connectivity index (χ0) is 8.27. The molecule has 0 saturated heterocycles. The highest BCUT2D eigenvalue weighted by atomic mass is 16.5. The molecule has 1 aliphatic heterocycles. The van der Waals surface area contributed by atoms with E-state index in [0.29, 0.717) is 25.5 Å². The third-order valence-electron chi connectivity index (χ3n) is 1.77. The fourth-order valence-electron chi connectivity index (χ4n) is 1.19. The molecule has 0 bridgehead atoms. The molecule has 0 fully saturated rings. The number of hydrogen-bond acceptors (Lipinski definition) is 3. The summed E-state index contributed by atoms with van der Waals surface area (Å²) in [5.74, 6) is 0.487. The average Bonchev–Trinajstić information content (AvgIpc) is 2.26. The maximum absolute atomic E-state index is 9.34. The van der Waals surface area contributed by atoms with Gasteiger partial charge in [0.05, 0.1) is 13.2 Å². The first-order valence-electron chi connectivity index (χ1n) is 3.90. The van der Waals surface area contributed by atoms with Gasteiger partial charge in [-0.25, -0.2) is 0 Å². The minimum Gasteiger partial charge on any atom is -0.511 e. The van der Waals surface area contributed by atoms with Crippen molar-refractivity contribution in [1.29, 1.82) is 0 Å². The van der Waals surface area contributed by atoms with E-state index < -0.39 is 0 Å². The van der Waals surface area contributed by atoms with Crippen molar-refractivity contribution in [1.82, 2.24) is 4.90 Å². The summed E-state index contributed by atoms with van der Waals surface area (Å²) in [7, 11) is 1.98. The van der Waals surface area contributed by atoms with Crippen molar-refractivity contribution in [3.05, 3.63) is 11.3 Å². The lowest BCUT2D eigenvalue weighted by Gasteiger charge is -2.05. The molecular weight excluding hydrogens is 142 g/mol. The first-order chi connectivity index (χ1) is 5.24.